The summed E-state index contributed by atoms with van der Waals surface area (Å²) < 4.78 is 10.6. The number of rotatable bonds is 47. The molecule has 4 amide bonds. The number of imide groups is 2. The van der Waals surface area contributed by atoms with Crippen LogP contribution >= 0.6 is 21.6 Å². The average molecular weight is 966 g/mol. The van der Waals surface area contributed by atoms with Gasteiger partial charge in [-0.1, -0.05) is 241 Å². The number of hydrogen-bond acceptors (Lipinski definition) is 10. The van der Waals surface area contributed by atoms with Crippen molar-refractivity contribution in [2.24, 2.45) is 11.8 Å². The normalized spacial score (nSPS) is 16.3. The van der Waals surface area contributed by atoms with Gasteiger partial charge in [-0.05, 0) is 12.8 Å². The molecule has 2 aliphatic rings. The van der Waals surface area contributed by atoms with E-state index in [1.54, 1.807) is 0 Å². The molecule has 66 heavy (non-hydrogen) atoms. The van der Waals surface area contributed by atoms with E-state index in [0.717, 1.165) is 38.5 Å². The van der Waals surface area contributed by atoms with Crippen LogP contribution in [0, 0.1) is 11.8 Å². The Labute approximate surface area is 410 Å². The van der Waals surface area contributed by atoms with E-state index in [1.165, 1.54) is 211 Å². The zero-order valence-electron chi connectivity index (χ0n) is 42.2. The van der Waals surface area contributed by atoms with Crippen LogP contribution in [0.5, 0.6) is 0 Å². The largest absolute Gasteiger partial charge is 0.464 e. The zero-order valence-corrected chi connectivity index (χ0v) is 43.9. The molecule has 0 aliphatic carbocycles. The average Bonchev–Trinajstić information content (AvgIpc) is 3.73. The summed E-state index contributed by atoms with van der Waals surface area (Å²) in [6.45, 7) is 4.74. The highest BCUT2D eigenvalue weighted by atomic mass is 33.1. The summed E-state index contributed by atoms with van der Waals surface area (Å²) in [5, 5.41) is 0. The van der Waals surface area contributed by atoms with Crippen molar-refractivity contribution in [1.82, 2.24) is 9.80 Å². The van der Waals surface area contributed by atoms with E-state index in [4.69, 9.17) is 9.47 Å². The summed E-state index contributed by atoms with van der Waals surface area (Å²) in [4.78, 5) is 77.8. The van der Waals surface area contributed by atoms with Crippen molar-refractivity contribution in [2.45, 2.75) is 258 Å². The number of carbonyl (C=O) groups excluding carboxylic acids is 6. The number of carbonyl (C=O) groups is 6. The lowest BCUT2D eigenvalue weighted by Crippen LogP contribution is -2.34. The van der Waals surface area contributed by atoms with Gasteiger partial charge in [0, 0.05) is 36.2 Å². The molecule has 0 N–H and O–H groups in total. The van der Waals surface area contributed by atoms with E-state index in [9.17, 15) is 28.8 Å². The first kappa shape index (κ1) is 60.0. The van der Waals surface area contributed by atoms with Crippen LogP contribution in [0.2, 0.25) is 0 Å². The molecule has 0 radical (unpaired) electrons. The molecule has 0 aromatic rings. The Kier molecular flexibility index (Phi) is 38.1. The highest BCUT2D eigenvalue weighted by Crippen LogP contribution is 2.27. The van der Waals surface area contributed by atoms with Crippen LogP contribution in [-0.4, -0.2) is 83.2 Å². The van der Waals surface area contributed by atoms with E-state index in [2.05, 4.69) is 13.8 Å². The Morgan fingerprint density at radius 2 is 0.682 bits per heavy atom. The third-order valence-electron chi connectivity index (χ3n) is 13.5. The second-order valence-corrected chi connectivity index (χ2v) is 22.0. The summed E-state index contributed by atoms with van der Waals surface area (Å²) in [6.07, 6.45) is 44.1. The number of esters is 2. The van der Waals surface area contributed by atoms with E-state index >= 15 is 0 Å². The maximum atomic E-state index is 12.9. The number of ether oxygens (including phenoxy) is 2. The van der Waals surface area contributed by atoms with E-state index < -0.39 is 0 Å². The topological polar surface area (TPSA) is 127 Å². The molecule has 382 valence electrons. The Morgan fingerprint density at radius 3 is 0.955 bits per heavy atom. The Balaban J connectivity index is 1.37. The fraction of sp³-hybridized carbons (Fsp3) is 0.889. The van der Waals surface area contributed by atoms with Crippen LogP contribution in [0.3, 0.4) is 0 Å². The lowest BCUT2D eigenvalue weighted by Gasteiger charge is -2.15. The molecule has 2 rings (SSSR count). The highest BCUT2D eigenvalue weighted by Gasteiger charge is 2.38. The van der Waals surface area contributed by atoms with Gasteiger partial charge < -0.3 is 9.47 Å². The summed E-state index contributed by atoms with van der Waals surface area (Å²) >= 11 is 0. The molecule has 0 saturated carbocycles. The second kappa shape index (κ2) is 41.9. The molecule has 12 heteroatoms. The van der Waals surface area contributed by atoms with E-state index in [0.29, 0.717) is 11.5 Å². The minimum absolute atomic E-state index is 0.000569. The molecule has 0 aromatic heterocycles. The molecule has 0 bridgehead atoms. The van der Waals surface area contributed by atoms with Crippen LogP contribution in [0.15, 0.2) is 0 Å². The third kappa shape index (κ3) is 30.4. The van der Waals surface area contributed by atoms with Gasteiger partial charge in [0.2, 0.25) is 23.6 Å². The van der Waals surface area contributed by atoms with Gasteiger partial charge in [-0.2, -0.15) is 0 Å². The van der Waals surface area contributed by atoms with Crippen molar-refractivity contribution >= 4 is 57.2 Å². The van der Waals surface area contributed by atoms with Gasteiger partial charge in [-0.25, -0.2) is 0 Å². The van der Waals surface area contributed by atoms with E-state index in [-0.39, 0.29) is 99.4 Å². The van der Waals surface area contributed by atoms with Crippen molar-refractivity contribution in [3.63, 3.8) is 0 Å². The standard InChI is InChI=1S/C54H96N2O8S2/c1-3-5-7-9-11-13-15-17-19-21-23-25-27-29-31-33-35-47-45-49(57)55(53(47)61)39-41-63-51(59)37-43-65-66-44-38-52(60)64-42-40-56-50(58)46-48(54(56)62)36-34-32-30-28-26-24-22-20-18-16-14-12-10-8-6-4-2/h47-48H,3-46H2,1-2H3. The molecule has 10 nitrogen and oxygen atoms in total. The Hall–Kier alpha value is -2.08. The quantitative estimate of drug-likeness (QED) is 0.0252. The summed E-state index contributed by atoms with van der Waals surface area (Å²) in [5.74, 6) is -0.886. The van der Waals surface area contributed by atoms with Crippen molar-refractivity contribution in [3.05, 3.63) is 0 Å². The zero-order chi connectivity index (χ0) is 47.7. The number of nitrogens with zero attached hydrogens (tertiary/aromatic N) is 2. The van der Waals surface area contributed by atoms with Crippen LogP contribution in [0.4, 0.5) is 0 Å². The lowest BCUT2D eigenvalue weighted by molar-refractivity contribution is -0.148. The summed E-state index contributed by atoms with van der Waals surface area (Å²) in [7, 11) is 2.92. The van der Waals surface area contributed by atoms with Crippen molar-refractivity contribution in [1.29, 1.82) is 0 Å². The maximum absolute atomic E-state index is 12.9. The number of amides is 4. The van der Waals surface area contributed by atoms with Crippen LogP contribution in [0.1, 0.15) is 258 Å². The molecular formula is C54H96N2O8S2. The molecule has 2 unspecified atom stereocenters. The molecule has 0 aromatic carbocycles. The van der Waals surface area contributed by atoms with Gasteiger partial charge in [0.25, 0.3) is 0 Å². The van der Waals surface area contributed by atoms with Crippen molar-refractivity contribution < 1.29 is 38.2 Å². The minimum atomic E-state index is -0.385. The summed E-state index contributed by atoms with van der Waals surface area (Å²) in [6, 6.07) is 0. The third-order valence-corrected chi connectivity index (χ3v) is 15.9. The SMILES string of the molecule is CCCCCCCCCCCCCCCCCCC1CC(=O)N(CCOC(=O)CCSSCCC(=O)OCCN2C(=O)CC(CCCCCCCCCCCCCCCCCC)C2=O)C1=O. The maximum Gasteiger partial charge on any atom is 0.306 e. The lowest BCUT2D eigenvalue weighted by atomic mass is 9.98. The van der Waals surface area contributed by atoms with E-state index in [1.807, 2.05) is 0 Å². The number of hydrogen-bond donors (Lipinski definition) is 0. The second-order valence-electron chi connectivity index (χ2n) is 19.3. The molecule has 2 aliphatic heterocycles. The molecule has 2 saturated heterocycles. The van der Waals surface area contributed by atoms with Crippen molar-refractivity contribution in [2.75, 3.05) is 37.8 Å². The Bertz CT molecular complexity index is 1200. The van der Waals surface area contributed by atoms with Gasteiger partial charge in [-0.15, -0.1) is 0 Å². The molecule has 2 atom stereocenters. The first-order valence-electron chi connectivity index (χ1n) is 27.5. The fourth-order valence-corrected chi connectivity index (χ4v) is 11.3. The Morgan fingerprint density at radius 1 is 0.424 bits per heavy atom. The first-order chi connectivity index (χ1) is 32.3. The van der Waals surface area contributed by atoms with Gasteiger partial charge in [0.15, 0.2) is 0 Å². The predicted octanol–water partition coefficient (Wildman–Crippen LogP) is 14.3. The molecule has 2 fully saturated rings. The fourth-order valence-electron chi connectivity index (χ4n) is 9.32. The highest BCUT2D eigenvalue weighted by molar-refractivity contribution is 8.76. The molecule has 2 heterocycles. The van der Waals surface area contributed by atoms with Gasteiger partial charge in [0.1, 0.15) is 13.2 Å². The minimum Gasteiger partial charge on any atom is -0.464 e. The smallest absolute Gasteiger partial charge is 0.306 e. The van der Waals surface area contributed by atoms with Gasteiger partial charge in [-0.3, -0.25) is 38.6 Å². The van der Waals surface area contributed by atoms with Gasteiger partial charge in [0.05, 0.1) is 25.9 Å². The monoisotopic (exact) mass is 965 g/mol. The predicted molar refractivity (Wildman–Crippen MR) is 274 cm³/mol. The first-order valence-corrected chi connectivity index (χ1v) is 30.0. The van der Waals surface area contributed by atoms with Crippen LogP contribution in [-0.2, 0) is 38.2 Å². The van der Waals surface area contributed by atoms with Crippen LogP contribution in [0.25, 0.3) is 0 Å². The molecule has 0 spiro atoms. The number of unbranched alkanes of at least 4 members (excludes halogenated alkanes) is 30. The van der Waals surface area contributed by atoms with Gasteiger partial charge >= 0.3 is 11.9 Å². The van der Waals surface area contributed by atoms with Crippen LogP contribution < -0.4 is 0 Å². The van der Waals surface area contributed by atoms with Crippen molar-refractivity contribution in [3.8, 4) is 0 Å². The number of likely N-dealkylation sites (tertiary alicyclic amines) is 2. The molecular weight excluding hydrogens is 869 g/mol. The summed E-state index contributed by atoms with van der Waals surface area (Å²) in [5.41, 5.74) is 0.